The molecule has 154 valence electrons. The van der Waals surface area contributed by atoms with E-state index in [4.69, 9.17) is 16.7 Å². The van der Waals surface area contributed by atoms with Crippen LogP contribution in [-0.2, 0) is 6.54 Å². The van der Waals surface area contributed by atoms with Crippen LogP contribution in [0.4, 0.5) is 5.69 Å². The average molecular weight is 426 g/mol. The van der Waals surface area contributed by atoms with Gasteiger partial charge in [-0.05, 0) is 37.1 Å². The predicted octanol–water partition coefficient (Wildman–Crippen LogP) is 4.55. The highest BCUT2D eigenvalue weighted by atomic mass is 35.5. The maximum Gasteiger partial charge on any atom is 0.270 e. The normalized spacial score (nSPS) is 14.0. The molecule has 1 N–H and O–H groups in total. The first kappa shape index (κ1) is 20.0. The zero-order valence-corrected chi connectivity index (χ0v) is 16.9. The van der Waals surface area contributed by atoms with E-state index in [9.17, 15) is 14.9 Å². The van der Waals surface area contributed by atoms with E-state index in [2.05, 4.69) is 10.3 Å². The van der Waals surface area contributed by atoms with E-state index in [-0.39, 0.29) is 22.8 Å². The summed E-state index contributed by atoms with van der Waals surface area (Å²) in [4.78, 5) is 27.1. The Hall–Kier alpha value is -3.26. The highest BCUT2D eigenvalue weighted by Gasteiger charge is 2.22. The van der Waals surface area contributed by atoms with Crippen LogP contribution in [0.15, 0.2) is 48.8 Å². The van der Waals surface area contributed by atoms with Gasteiger partial charge in [-0.2, -0.15) is 5.10 Å². The molecule has 0 bridgehead atoms. The van der Waals surface area contributed by atoms with Gasteiger partial charge in [-0.25, -0.2) is 0 Å². The van der Waals surface area contributed by atoms with E-state index in [1.165, 1.54) is 31.0 Å². The number of non-ortho nitro benzene ring substituents is 1. The lowest BCUT2D eigenvalue weighted by Gasteiger charge is -2.14. The lowest BCUT2D eigenvalue weighted by molar-refractivity contribution is -0.384. The van der Waals surface area contributed by atoms with E-state index in [0.717, 1.165) is 24.1 Å². The zero-order valence-electron chi connectivity index (χ0n) is 16.1. The van der Waals surface area contributed by atoms with E-state index in [0.29, 0.717) is 11.7 Å². The smallest absolute Gasteiger partial charge is 0.270 e. The standard InChI is InChI=1S/C21H20ClN5O3/c22-19-6-5-17(27(29)30)12-18(19)21(28)24-13-15-11-20(14-7-9-23-10-8-14)26(25-15)16-3-1-2-4-16/h5-12,16H,1-4,13H2,(H,24,28). The Kier molecular flexibility index (Phi) is 5.76. The number of amides is 1. The monoisotopic (exact) mass is 425 g/mol. The van der Waals surface area contributed by atoms with Gasteiger partial charge in [-0.1, -0.05) is 24.4 Å². The van der Waals surface area contributed by atoms with Gasteiger partial charge in [0.25, 0.3) is 11.6 Å². The van der Waals surface area contributed by atoms with Crippen molar-refractivity contribution in [3.8, 4) is 11.3 Å². The topological polar surface area (TPSA) is 103 Å². The van der Waals surface area contributed by atoms with Gasteiger partial charge in [-0.15, -0.1) is 0 Å². The summed E-state index contributed by atoms with van der Waals surface area (Å²) >= 11 is 6.06. The van der Waals surface area contributed by atoms with Crippen LogP contribution in [0.3, 0.4) is 0 Å². The number of aromatic nitrogens is 3. The van der Waals surface area contributed by atoms with Gasteiger partial charge in [0, 0.05) is 30.1 Å². The van der Waals surface area contributed by atoms with E-state index in [1.807, 2.05) is 22.9 Å². The van der Waals surface area contributed by atoms with Gasteiger partial charge in [0.15, 0.2) is 0 Å². The third-order valence-corrected chi connectivity index (χ3v) is 5.60. The number of hydrogen-bond acceptors (Lipinski definition) is 5. The summed E-state index contributed by atoms with van der Waals surface area (Å²) < 4.78 is 2.05. The van der Waals surface area contributed by atoms with Crippen molar-refractivity contribution in [3.05, 3.63) is 75.2 Å². The number of carbonyl (C=O) groups is 1. The summed E-state index contributed by atoms with van der Waals surface area (Å²) in [5.41, 5.74) is 2.60. The molecule has 1 fully saturated rings. The number of halogens is 1. The third kappa shape index (κ3) is 4.18. The molecular weight excluding hydrogens is 406 g/mol. The summed E-state index contributed by atoms with van der Waals surface area (Å²) in [6.07, 6.45) is 8.00. The Morgan fingerprint density at radius 3 is 2.63 bits per heavy atom. The quantitative estimate of drug-likeness (QED) is 0.461. The van der Waals surface area contributed by atoms with Gasteiger partial charge in [0.05, 0.1) is 39.5 Å². The predicted molar refractivity (Wildman–Crippen MR) is 112 cm³/mol. The summed E-state index contributed by atoms with van der Waals surface area (Å²) in [6.45, 7) is 0.190. The van der Waals surface area contributed by atoms with E-state index < -0.39 is 10.8 Å². The number of benzene rings is 1. The number of rotatable bonds is 6. The molecule has 8 nitrogen and oxygen atoms in total. The van der Waals surface area contributed by atoms with Crippen molar-refractivity contribution in [2.75, 3.05) is 0 Å². The average Bonchev–Trinajstić information content (AvgIpc) is 3.42. The Morgan fingerprint density at radius 2 is 1.93 bits per heavy atom. The molecule has 1 aliphatic rings. The molecule has 0 atom stereocenters. The maximum atomic E-state index is 12.6. The van der Waals surface area contributed by atoms with Crippen LogP contribution in [0.25, 0.3) is 11.3 Å². The molecule has 9 heteroatoms. The molecule has 3 aromatic rings. The molecule has 2 aromatic heterocycles. The number of nitro groups is 1. The Labute approximate surface area is 178 Å². The number of pyridine rings is 1. The molecular formula is C21H20ClN5O3. The SMILES string of the molecule is O=C(NCc1cc(-c2ccncc2)n(C2CCCC2)n1)c1cc([N+](=O)[O-])ccc1Cl. The van der Waals surface area contributed by atoms with Crippen molar-refractivity contribution in [3.63, 3.8) is 0 Å². The van der Waals surface area contributed by atoms with E-state index >= 15 is 0 Å². The molecule has 1 aliphatic carbocycles. The van der Waals surface area contributed by atoms with Crippen LogP contribution in [0.2, 0.25) is 5.02 Å². The van der Waals surface area contributed by atoms with Crippen molar-refractivity contribution >= 4 is 23.2 Å². The minimum absolute atomic E-state index is 0.0652. The molecule has 1 amide bonds. The zero-order chi connectivity index (χ0) is 21.1. The van der Waals surface area contributed by atoms with Gasteiger partial charge < -0.3 is 5.32 Å². The fourth-order valence-corrected chi connectivity index (χ4v) is 3.97. The van der Waals surface area contributed by atoms with Crippen molar-refractivity contribution in [2.45, 2.75) is 38.3 Å². The first-order valence-corrected chi connectivity index (χ1v) is 10.1. The van der Waals surface area contributed by atoms with Gasteiger partial charge in [0.1, 0.15) is 0 Å². The molecule has 1 aromatic carbocycles. The summed E-state index contributed by atoms with van der Waals surface area (Å²) in [5, 5.41) is 18.7. The summed E-state index contributed by atoms with van der Waals surface area (Å²) in [7, 11) is 0. The number of nitrogens with zero attached hydrogens (tertiary/aromatic N) is 4. The molecule has 1 saturated carbocycles. The van der Waals surface area contributed by atoms with Crippen LogP contribution in [-0.4, -0.2) is 25.6 Å². The fourth-order valence-electron chi connectivity index (χ4n) is 3.76. The lowest BCUT2D eigenvalue weighted by Crippen LogP contribution is -2.23. The van der Waals surface area contributed by atoms with E-state index in [1.54, 1.807) is 12.4 Å². The second-order valence-electron chi connectivity index (χ2n) is 7.24. The minimum Gasteiger partial charge on any atom is -0.346 e. The Balaban J connectivity index is 1.56. The Bertz CT molecular complexity index is 1080. The number of carbonyl (C=O) groups excluding carboxylic acids is 1. The lowest BCUT2D eigenvalue weighted by atomic mass is 10.1. The molecule has 0 spiro atoms. The van der Waals surface area contributed by atoms with Crippen molar-refractivity contribution in [1.82, 2.24) is 20.1 Å². The molecule has 0 saturated heterocycles. The summed E-state index contributed by atoms with van der Waals surface area (Å²) in [6, 6.07) is 9.97. The highest BCUT2D eigenvalue weighted by Crippen LogP contribution is 2.33. The van der Waals surface area contributed by atoms with Gasteiger partial charge >= 0.3 is 0 Å². The first-order chi connectivity index (χ1) is 14.5. The van der Waals surface area contributed by atoms with Gasteiger partial charge in [-0.3, -0.25) is 24.6 Å². The molecule has 0 aliphatic heterocycles. The molecule has 30 heavy (non-hydrogen) atoms. The first-order valence-electron chi connectivity index (χ1n) is 9.74. The van der Waals surface area contributed by atoms with Crippen molar-refractivity contribution < 1.29 is 9.72 Å². The van der Waals surface area contributed by atoms with Crippen molar-refractivity contribution in [1.29, 1.82) is 0 Å². The molecule has 4 rings (SSSR count). The van der Waals surface area contributed by atoms with Gasteiger partial charge in [0.2, 0.25) is 0 Å². The molecule has 0 radical (unpaired) electrons. The third-order valence-electron chi connectivity index (χ3n) is 5.27. The summed E-state index contributed by atoms with van der Waals surface area (Å²) in [5.74, 6) is -0.482. The molecule has 0 unspecified atom stereocenters. The minimum atomic E-state index is -0.558. The number of hydrogen-bond donors (Lipinski definition) is 1. The van der Waals surface area contributed by atoms with Crippen LogP contribution in [0.1, 0.15) is 47.8 Å². The highest BCUT2D eigenvalue weighted by molar-refractivity contribution is 6.33. The van der Waals surface area contributed by atoms with Crippen LogP contribution < -0.4 is 5.32 Å². The maximum absolute atomic E-state index is 12.6. The van der Waals surface area contributed by atoms with Crippen LogP contribution in [0, 0.1) is 10.1 Å². The van der Waals surface area contributed by atoms with Crippen molar-refractivity contribution in [2.24, 2.45) is 0 Å². The van der Waals surface area contributed by atoms with Crippen LogP contribution in [0.5, 0.6) is 0 Å². The Morgan fingerprint density at radius 1 is 1.20 bits per heavy atom. The number of nitro benzene ring substituents is 1. The second kappa shape index (κ2) is 8.62. The fraction of sp³-hybridized carbons (Fsp3) is 0.286. The largest absolute Gasteiger partial charge is 0.346 e. The number of nitrogens with one attached hydrogen (secondary N) is 1. The second-order valence-corrected chi connectivity index (χ2v) is 7.65. The molecule has 2 heterocycles. The van der Waals surface area contributed by atoms with Crippen LogP contribution >= 0.6 is 11.6 Å².